The second kappa shape index (κ2) is 6.59. The van der Waals surface area contributed by atoms with E-state index in [2.05, 4.69) is 24.1 Å². The Morgan fingerprint density at radius 3 is 2.88 bits per heavy atom. The average Bonchev–Trinajstić information content (AvgIpc) is 2.66. The second-order valence-electron chi connectivity index (χ2n) is 4.11. The van der Waals surface area contributed by atoms with Gasteiger partial charge in [0.1, 0.15) is 4.88 Å². The fourth-order valence-electron chi connectivity index (χ4n) is 1.53. The Kier molecular flexibility index (Phi) is 5.41. The van der Waals surface area contributed by atoms with Crippen LogP contribution in [0.5, 0.6) is 0 Å². The zero-order chi connectivity index (χ0) is 12.8. The maximum Gasteiger partial charge on any atom is 0.350 e. The first-order valence-electron chi connectivity index (χ1n) is 5.90. The van der Waals surface area contributed by atoms with Crippen LogP contribution in [0.25, 0.3) is 0 Å². The van der Waals surface area contributed by atoms with Crippen molar-refractivity contribution < 1.29 is 9.53 Å². The van der Waals surface area contributed by atoms with Crippen molar-refractivity contribution in [2.45, 2.75) is 46.1 Å². The van der Waals surface area contributed by atoms with E-state index < -0.39 is 0 Å². The summed E-state index contributed by atoms with van der Waals surface area (Å²) in [6.07, 6.45) is 3.50. The predicted molar refractivity (Wildman–Crippen MR) is 70.8 cm³/mol. The number of unbranched alkanes of at least 4 members (excludes halogenated alkanes) is 1. The summed E-state index contributed by atoms with van der Waals surface area (Å²) < 4.78 is 4.70. The lowest BCUT2D eigenvalue weighted by Crippen LogP contribution is -2.14. The molecule has 1 unspecified atom stereocenters. The minimum atomic E-state index is -0.311. The molecule has 0 aliphatic rings. The molecule has 0 saturated carbocycles. The molecule has 0 amide bonds. The van der Waals surface area contributed by atoms with E-state index >= 15 is 0 Å². The van der Waals surface area contributed by atoms with Gasteiger partial charge in [-0.1, -0.05) is 31.1 Å². The van der Waals surface area contributed by atoms with Crippen LogP contribution in [-0.2, 0) is 4.74 Å². The van der Waals surface area contributed by atoms with Gasteiger partial charge in [0.2, 0.25) is 0 Å². The van der Waals surface area contributed by atoms with Crippen molar-refractivity contribution in [3.05, 3.63) is 10.6 Å². The number of carbonyl (C=O) groups excluding carboxylic acids is 1. The number of nitrogens with zero attached hydrogens (tertiary/aromatic N) is 1. The number of thiazole rings is 1. The van der Waals surface area contributed by atoms with Crippen LogP contribution in [0.15, 0.2) is 0 Å². The van der Waals surface area contributed by atoms with Gasteiger partial charge in [0.25, 0.3) is 0 Å². The Balaban J connectivity index is 2.63. The molecule has 1 aromatic heterocycles. The first-order valence-corrected chi connectivity index (χ1v) is 6.72. The van der Waals surface area contributed by atoms with Crippen molar-refractivity contribution >= 4 is 22.4 Å². The highest BCUT2D eigenvalue weighted by Gasteiger charge is 2.16. The van der Waals surface area contributed by atoms with Gasteiger partial charge in [-0.05, 0) is 20.3 Å². The Hall–Kier alpha value is -1.10. The van der Waals surface area contributed by atoms with Gasteiger partial charge < -0.3 is 10.1 Å². The maximum absolute atomic E-state index is 11.4. The van der Waals surface area contributed by atoms with E-state index in [1.54, 1.807) is 0 Å². The molecule has 1 heterocycles. The molecule has 0 saturated heterocycles. The van der Waals surface area contributed by atoms with Crippen molar-refractivity contribution in [2.75, 3.05) is 12.4 Å². The zero-order valence-electron chi connectivity index (χ0n) is 10.9. The molecule has 5 heteroatoms. The second-order valence-corrected chi connectivity index (χ2v) is 5.11. The normalized spacial score (nSPS) is 12.2. The van der Waals surface area contributed by atoms with Crippen molar-refractivity contribution in [1.82, 2.24) is 4.98 Å². The molecule has 17 heavy (non-hydrogen) atoms. The molecule has 0 aromatic carbocycles. The number of hydrogen-bond acceptors (Lipinski definition) is 5. The Morgan fingerprint density at radius 2 is 2.29 bits per heavy atom. The molecule has 0 spiro atoms. The van der Waals surface area contributed by atoms with Gasteiger partial charge in [0.15, 0.2) is 5.13 Å². The fourth-order valence-corrected chi connectivity index (χ4v) is 2.53. The predicted octanol–water partition coefficient (Wildman–Crippen LogP) is 3.23. The van der Waals surface area contributed by atoms with E-state index in [4.69, 9.17) is 4.74 Å². The van der Waals surface area contributed by atoms with Gasteiger partial charge >= 0.3 is 5.97 Å². The highest BCUT2D eigenvalue weighted by atomic mass is 32.1. The number of aromatic nitrogens is 1. The van der Waals surface area contributed by atoms with Crippen LogP contribution in [0.2, 0.25) is 0 Å². The smallest absolute Gasteiger partial charge is 0.350 e. The van der Waals surface area contributed by atoms with E-state index in [9.17, 15) is 4.79 Å². The third-order valence-electron chi connectivity index (χ3n) is 2.53. The molecule has 4 nitrogen and oxygen atoms in total. The van der Waals surface area contributed by atoms with Crippen LogP contribution in [0.1, 0.15) is 48.5 Å². The molecule has 1 aromatic rings. The van der Waals surface area contributed by atoms with Crippen LogP contribution < -0.4 is 5.32 Å². The molecule has 0 bridgehead atoms. The van der Waals surface area contributed by atoms with E-state index in [1.807, 2.05) is 6.92 Å². The van der Waals surface area contributed by atoms with Crippen molar-refractivity contribution in [3.8, 4) is 0 Å². The summed E-state index contributed by atoms with van der Waals surface area (Å²) in [4.78, 5) is 16.3. The molecule has 0 aliphatic carbocycles. The average molecular weight is 256 g/mol. The lowest BCUT2D eigenvalue weighted by Gasteiger charge is -2.11. The minimum absolute atomic E-state index is 0.311. The lowest BCUT2D eigenvalue weighted by molar-refractivity contribution is 0.0605. The maximum atomic E-state index is 11.4. The minimum Gasteiger partial charge on any atom is -0.465 e. The molecule has 0 aliphatic heterocycles. The summed E-state index contributed by atoms with van der Waals surface area (Å²) in [5.74, 6) is -0.311. The molecular formula is C12H20N2O2S. The zero-order valence-corrected chi connectivity index (χ0v) is 11.7. The Morgan fingerprint density at radius 1 is 1.59 bits per heavy atom. The molecule has 1 rings (SSSR count). The van der Waals surface area contributed by atoms with E-state index in [0.29, 0.717) is 10.9 Å². The highest BCUT2D eigenvalue weighted by Crippen LogP contribution is 2.24. The number of esters is 1. The number of rotatable bonds is 6. The summed E-state index contributed by atoms with van der Waals surface area (Å²) in [6.45, 7) is 6.13. The van der Waals surface area contributed by atoms with Gasteiger partial charge in [-0.15, -0.1) is 0 Å². The largest absolute Gasteiger partial charge is 0.465 e. The van der Waals surface area contributed by atoms with Crippen LogP contribution >= 0.6 is 11.3 Å². The summed E-state index contributed by atoms with van der Waals surface area (Å²) in [7, 11) is 1.39. The van der Waals surface area contributed by atoms with Crippen molar-refractivity contribution in [3.63, 3.8) is 0 Å². The number of nitrogens with one attached hydrogen (secondary N) is 1. The number of anilines is 1. The number of methoxy groups -OCH3 is 1. The summed E-state index contributed by atoms with van der Waals surface area (Å²) in [6, 6.07) is 0.381. The monoisotopic (exact) mass is 256 g/mol. The van der Waals surface area contributed by atoms with Gasteiger partial charge in [-0.2, -0.15) is 0 Å². The van der Waals surface area contributed by atoms with Gasteiger partial charge in [0, 0.05) is 6.04 Å². The van der Waals surface area contributed by atoms with Gasteiger partial charge in [0.05, 0.1) is 12.8 Å². The standard InChI is InChI=1S/C12H20N2O2S/c1-5-6-7-8(2)13-12-14-9(3)10(17-12)11(15)16-4/h8H,5-7H2,1-4H3,(H,13,14). The van der Waals surface area contributed by atoms with Gasteiger partial charge in [-0.25, -0.2) is 9.78 Å². The van der Waals surface area contributed by atoms with Crippen LogP contribution in [0.4, 0.5) is 5.13 Å². The lowest BCUT2D eigenvalue weighted by atomic mass is 10.1. The Labute approximate surface area is 106 Å². The topological polar surface area (TPSA) is 51.2 Å². The number of ether oxygens (including phenoxy) is 1. The first-order chi connectivity index (χ1) is 8.08. The number of aryl methyl sites for hydroxylation is 1. The van der Waals surface area contributed by atoms with Gasteiger partial charge in [-0.3, -0.25) is 0 Å². The summed E-state index contributed by atoms with van der Waals surface area (Å²) in [5, 5.41) is 4.11. The fraction of sp³-hybridized carbons (Fsp3) is 0.667. The summed E-state index contributed by atoms with van der Waals surface area (Å²) in [5.41, 5.74) is 0.729. The van der Waals surface area contributed by atoms with Crippen molar-refractivity contribution in [1.29, 1.82) is 0 Å². The summed E-state index contributed by atoms with van der Waals surface area (Å²) >= 11 is 1.36. The Bertz CT molecular complexity index is 377. The molecule has 96 valence electrons. The van der Waals surface area contributed by atoms with E-state index in [1.165, 1.54) is 31.3 Å². The first kappa shape index (κ1) is 14.0. The third-order valence-corrected chi connectivity index (χ3v) is 3.60. The van der Waals surface area contributed by atoms with E-state index in [-0.39, 0.29) is 5.97 Å². The molecule has 1 N–H and O–H groups in total. The number of carbonyl (C=O) groups is 1. The highest BCUT2D eigenvalue weighted by molar-refractivity contribution is 7.17. The van der Waals surface area contributed by atoms with Crippen LogP contribution in [0.3, 0.4) is 0 Å². The molecule has 0 fully saturated rings. The molecule has 0 radical (unpaired) electrons. The molecule has 1 atom stereocenters. The quantitative estimate of drug-likeness (QED) is 0.794. The SMILES string of the molecule is CCCCC(C)Nc1nc(C)c(C(=O)OC)s1. The van der Waals surface area contributed by atoms with Crippen LogP contribution in [0, 0.1) is 6.92 Å². The van der Waals surface area contributed by atoms with E-state index in [0.717, 1.165) is 17.2 Å². The third kappa shape index (κ3) is 4.00. The molecular weight excluding hydrogens is 236 g/mol. The van der Waals surface area contributed by atoms with Crippen LogP contribution in [-0.4, -0.2) is 24.1 Å². The van der Waals surface area contributed by atoms with Crippen molar-refractivity contribution in [2.24, 2.45) is 0 Å². The number of hydrogen-bond donors (Lipinski definition) is 1.